The molecule has 2 aromatic carbocycles. The van der Waals surface area contributed by atoms with E-state index >= 15 is 0 Å². The summed E-state index contributed by atoms with van der Waals surface area (Å²) in [5.74, 6) is -0.455. The number of amides is 2. The zero-order chi connectivity index (χ0) is 23.1. The van der Waals surface area contributed by atoms with Gasteiger partial charge in [-0.2, -0.15) is 0 Å². The van der Waals surface area contributed by atoms with Gasteiger partial charge in [-0.15, -0.1) is 0 Å². The predicted octanol–water partition coefficient (Wildman–Crippen LogP) is 3.02. The standard InChI is InChI=1S/C26H35N3O3/c1-18(2)24(28-25(31)22-6-4-5-19(3)15-22)26(32)27-16-20-7-9-21(10-8-20)17-29-13-11-23(30)12-14-29/h4-10,15,18,23-24,30H,11-14,16-17H2,1-3H3,(H,27,32)(H,28,31). The molecule has 172 valence electrons. The smallest absolute Gasteiger partial charge is 0.251 e. The maximum atomic E-state index is 12.8. The lowest BCUT2D eigenvalue weighted by molar-refractivity contribution is -0.124. The van der Waals surface area contributed by atoms with Gasteiger partial charge in [0.25, 0.3) is 5.91 Å². The molecule has 0 spiro atoms. The molecule has 3 N–H and O–H groups in total. The number of aliphatic hydroxyl groups is 1. The molecule has 0 bridgehead atoms. The number of carbonyl (C=O) groups is 2. The van der Waals surface area contributed by atoms with Crippen LogP contribution in [0.5, 0.6) is 0 Å². The Morgan fingerprint density at radius 1 is 1.06 bits per heavy atom. The van der Waals surface area contributed by atoms with Crippen molar-refractivity contribution in [2.45, 2.75) is 58.8 Å². The minimum absolute atomic E-state index is 0.0332. The Morgan fingerprint density at radius 3 is 2.34 bits per heavy atom. The fourth-order valence-electron chi connectivity index (χ4n) is 3.94. The van der Waals surface area contributed by atoms with Crippen LogP contribution in [0.2, 0.25) is 0 Å². The number of aryl methyl sites for hydroxylation is 1. The quantitative estimate of drug-likeness (QED) is 0.593. The summed E-state index contributed by atoms with van der Waals surface area (Å²) in [6.45, 7) is 8.92. The zero-order valence-electron chi connectivity index (χ0n) is 19.3. The lowest BCUT2D eigenvalue weighted by Crippen LogP contribution is -2.49. The normalized spacial score (nSPS) is 16.0. The molecular formula is C26H35N3O3. The summed E-state index contributed by atoms with van der Waals surface area (Å²) in [7, 11) is 0. The molecule has 1 unspecified atom stereocenters. The van der Waals surface area contributed by atoms with Gasteiger partial charge in [0.1, 0.15) is 6.04 Å². The van der Waals surface area contributed by atoms with Gasteiger partial charge in [0.2, 0.25) is 5.91 Å². The third-order valence-electron chi connectivity index (χ3n) is 5.97. The van der Waals surface area contributed by atoms with Crippen molar-refractivity contribution in [2.24, 2.45) is 5.92 Å². The van der Waals surface area contributed by atoms with Gasteiger partial charge in [0, 0.05) is 31.7 Å². The van der Waals surface area contributed by atoms with E-state index in [-0.39, 0.29) is 23.8 Å². The first kappa shape index (κ1) is 24.0. The fraction of sp³-hybridized carbons (Fsp3) is 0.462. The highest BCUT2D eigenvalue weighted by Gasteiger charge is 2.24. The number of nitrogens with one attached hydrogen (secondary N) is 2. The predicted molar refractivity (Wildman–Crippen MR) is 126 cm³/mol. The minimum atomic E-state index is -0.600. The van der Waals surface area contributed by atoms with Gasteiger partial charge in [0.05, 0.1) is 6.10 Å². The molecule has 1 heterocycles. The molecule has 6 nitrogen and oxygen atoms in total. The fourth-order valence-corrected chi connectivity index (χ4v) is 3.94. The van der Waals surface area contributed by atoms with E-state index in [1.54, 1.807) is 6.07 Å². The average molecular weight is 438 g/mol. The molecule has 3 rings (SSSR count). The number of likely N-dealkylation sites (tertiary alicyclic amines) is 1. The van der Waals surface area contributed by atoms with Crippen molar-refractivity contribution in [2.75, 3.05) is 13.1 Å². The first-order valence-corrected chi connectivity index (χ1v) is 11.5. The summed E-state index contributed by atoms with van der Waals surface area (Å²) in [5, 5.41) is 15.5. The van der Waals surface area contributed by atoms with E-state index in [1.807, 2.05) is 51.1 Å². The average Bonchev–Trinajstić information content (AvgIpc) is 2.78. The Hall–Kier alpha value is -2.70. The highest BCUT2D eigenvalue weighted by molar-refractivity contribution is 5.97. The molecule has 1 aliphatic heterocycles. The van der Waals surface area contributed by atoms with Crippen LogP contribution in [0.1, 0.15) is 53.7 Å². The third kappa shape index (κ3) is 6.90. The number of hydrogen-bond acceptors (Lipinski definition) is 4. The number of hydrogen-bond donors (Lipinski definition) is 3. The van der Waals surface area contributed by atoms with Crippen molar-refractivity contribution in [3.63, 3.8) is 0 Å². The number of benzene rings is 2. The molecule has 1 fully saturated rings. The second-order valence-electron chi connectivity index (χ2n) is 9.11. The lowest BCUT2D eigenvalue weighted by atomic mass is 10.0. The van der Waals surface area contributed by atoms with E-state index in [1.165, 1.54) is 5.56 Å². The first-order valence-electron chi connectivity index (χ1n) is 11.5. The van der Waals surface area contributed by atoms with Crippen molar-refractivity contribution in [1.82, 2.24) is 15.5 Å². The van der Waals surface area contributed by atoms with Gasteiger partial charge in [-0.25, -0.2) is 0 Å². The minimum Gasteiger partial charge on any atom is -0.393 e. The highest BCUT2D eigenvalue weighted by Crippen LogP contribution is 2.14. The Labute approximate surface area is 191 Å². The summed E-state index contributed by atoms with van der Waals surface area (Å²) in [6, 6.07) is 15.0. The molecular weight excluding hydrogens is 402 g/mol. The van der Waals surface area contributed by atoms with Crippen LogP contribution in [-0.2, 0) is 17.9 Å². The van der Waals surface area contributed by atoms with Gasteiger partial charge in [-0.3, -0.25) is 14.5 Å². The summed E-state index contributed by atoms with van der Waals surface area (Å²) in [6.07, 6.45) is 1.51. The van der Waals surface area contributed by atoms with E-state index < -0.39 is 6.04 Å². The summed E-state index contributed by atoms with van der Waals surface area (Å²) < 4.78 is 0. The van der Waals surface area contributed by atoms with Crippen molar-refractivity contribution >= 4 is 11.8 Å². The van der Waals surface area contributed by atoms with Crippen LogP contribution in [-0.4, -0.2) is 47.1 Å². The van der Waals surface area contributed by atoms with E-state index in [9.17, 15) is 14.7 Å². The molecule has 0 aliphatic carbocycles. The molecule has 1 saturated heterocycles. The highest BCUT2D eigenvalue weighted by atomic mass is 16.3. The molecule has 32 heavy (non-hydrogen) atoms. The number of nitrogens with zero attached hydrogens (tertiary/aromatic N) is 1. The summed E-state index contributed by atoms with van der Waals surface area (Å²) in [4.78, 5) is 27.8. The van der Waals surface area contributed by atoms with Gasteiger partial charge >= 0.3 is 0 Å². The molecule has 0 saturated carbocycles. The molecule has 2 amide bonds. The van der Waals surface area contributed by atoms with Gasteiger partial charge < -0.3 is 15.7 Å². The maximum Gasteiger partial charge on any atom is 0.251 e. The van der Waals surface area contributed by atoms with Crippen molar-refractivity contribution in [3.8, 4) is 0 Å². The number of carbonyl (C=O) groups excluding carboxylic acids is 2. The van der Waals surface area contributed by atoms with Crippen LogP contribution in [0, 0.1) is 12.8 Å². The van der Waals surface area contributed by atoms with E-state index in [4.69, 9.17) is 0 Å². The number of piperidine rings is 1. The van der Waals surface area contributed by atoms with Gasteiger partial charge in [0.15, 0.2) is 0 Å². The van der Waals surface area contributed by atoms with Gasteiger partial charge in [-0.1, -0.05) is 55.8 Å². The molecule has 6 heteroatoms. The largest absolute Gasteiger partial charge is 0.393 e. The van der Waals surface area contributed by atoms with E-state index in [2.05, 4.69) is 27.7 Å². The van der Waals surface area contributed by atoms with Crippen LogP contribution >= 0.6 is 0 Å². The Balaban J connectivity index is 1.51. The van der Waals surface area contributed by atoms with E-state index in [0.717, 1.165) is 43.6 Å². The maximum absolute atomic E-state index is 12.8. The summed E-state index contributed by atoms with van der Waals surface area (Å²) in [5.41, 5.74) is 3.80. The Kier molecular flexibility index (Phi) is 8.42. The van der Waals surface area contributed by atoms with Crippen LogP contribution in [0.15, 0.2) is 48.5 Å². The Bertz CT molecular complexity index is 903. The molecule has 1 atom stereocenters. The van der Waals surface area contributed by atoms with Gasteiger partial charge in [-0.05, 0) is 48.9 Å². The van der Waals surface area contributed by atoms with Crippen molar-refractivity contribution < 1.29 is 14.7 Å². The zero-order valence-corrected chi connectivity index (χ0v) is 19.3. The third-order valence-corrected chi connectivity index (χ3v) is 5.97. The van der Waals surface area contributed by atoms with Crippen LogP contribution < -0.4 is 10.6 Å². The van der Waals surface area contributed by atoms with Crippen molar-refractivity contribution in [1.29, 1.82) is 0 Å². The topological polar surface area (TPSA) is 81.7 Å². The Morgan fingerprint density at radius 2 is 1.72 bits per heavy atom. The van der Waals surface area contributed by atoms with Crippen LogP contribution in [0.3, 0.4) is 0 Å². The molecule has 2 aromatic rings. The first-order chi connectivity index (χ1) is 15.3. The van der Waals surface area contributed by atoms with Crippen LogP contribution in [0.25, 0.3) is 0 Å². The molecule has 0 radical (unpaired) electrons. The van der Waals surface area contributed by atoms with E-state index in [0.29, 0.717) is 12.1 Å². The molecule has 1 aliphatic rings. The SMILES string of the molecule is Cc1cccc(C(=O)NC(C(=O)NCc2ccc(CN3CCC(O)CC3)cc2)C(C)C)c1. The number of aliphatic hydroxyl groups excluding tert-OH is 1. The van der Waals surface area contributed by atoms with Crippen molar-refractivity contribution in [3.05, 3.63) is 70.8 Å². The van der Waals surface area contributed by atoms with Crippen LogP contribution in [0.4, 0.5) is 0 Å². The summed E-state index contributed by atoms with van der Waals surface area (Å²) >= 11 is 0. The monoisotopic (exact) mass is 437 g/mol. The second kappa shape index (κ2) is 11.2. The second-order valence-corrected chi connectivity index (χ2v) is 9.11. The number of rotatable bonds is 8. The molecule has 0 aromatic heterocycles. The lowest BCUT2D eigenvalue weighted by Gasteiger charge is -2.29.